The van der Waals surface area contributed by atoms with Gasteiger partial charge in [0.1, 0.15) is 17.3 Å². The van der Waals surface area contributed by atoms with E-state index in [4.69, 9.17) is 0 Å². The molecular weight excluding hydrogens is 427 g/mol. The van der Waals surface area contributed by atoms with Gasteiger partial charge in [0.2, 0.25) is 11.8 Å². The fourth-order valence-corrected chi connectivity index (χ4v) is 3.73. The van der Waals surface area contributed by atoms with E-state index in [1.165, 1.54) is 12.1 Å². The van der Waals surface area contributed by atoms with Crippen LogP contribution in [0.25, 0.3) is 0 Å². The number of amides is 2. The van der Waals surface area contributed by atoms with Crippen LogP contribution < -0.4 is 10.6 Å². The van der Waals surface area contributed by atoms with Gasteiger partial charge in [0.05, 0.1) is 5.69 Å². The lowest BCUT2D eigenvalue weighted by atomic mass is 10.2. The first-order valence-corrected chi connectivity index (χ1v) is 10.1. The molecule has 0 bridgehead atoms. The number of sulfone groups is 1. The summed E-state index contributed by atoms with van der Waals surface area (Å²) in [4.78, 5) is 23.8. The predicted molar refractivity (Wildman–Crippen MR) is 101 cm³/mol. The van der Waals surface area contributed by atoms with Crippen molar-refractivity contribution in [3.05, 3.63) is 58.3 Å². The van der Waals surface area contributed by atoms with Crippen molar-refractivity contribution in [1.29, 1.82) is 0 Å². The molecule has 0 radical (unpaired) electrons. The molecule has 0 aromatic heterocycles. The molecule has 0 fully saturated rings. The zero-order chi connectivity index (χ0) is 19.3. The molecule has 0 unspecified atom stereocenters. The highest BCUT2D eigenvalue weighted by Gasteiger charge is 2.21. The zero-order valence-corrected chi connectivity index (χ0v) is 16.2. The van der Waals surface area contributed by atoms with Gasteiger partial charge >= 0.3 is 0 Å². The Balaban J connectivity index is 1.93. The Bertz CT molecular complexity index is 930. The lowest BCUT2D eigenvalue weighted by Gasteiger charge is -2.09. The standard InChI is InChI=1S/C17H16BrFN2O4S/c1-11-2-7-15(14(18)8-11)21-17(23)10-26(24,25)9-16(22)20-13-5-3-12(19)4-6-13/h2-8H,9-10H2,1H3,(H,20,22)(H,21,23). The summed E-state index contributed by atoms with van der Waals surface area (Å²) in [5, 5.41) is 4.82. The molecule has 2 rings (SSSR count). The van der Waals surface area contributed by atoms with Crippen LogP contribution in [0, 0.1) is 12.7 Å². The van der Waals surface area contributed by atoms with Crippen LogP contribution in [0.15, 0.2) is 46.9 Å². The number of hydrogen-bond acceptors (Lipinski definition) is 4. The minimum Gasteiger partial charge on any atom is -0.325 e. The first-order chi connectivity index (χ1) is 12.1. The zero-order valence-electron chi connectivity index (χ0n) is 13.8. The van der Waals surface area contributed by atoms with Crippen molar-refractivity contribution in [3.63, 3.8) is 0 Å². The number of benzene rings is 2. The van der Waals surface area contributed by atoms with Crippen LogP contribution in [-0.2, 0) is 19.4 Å². The Morgan fingerprint density at radius 3 is 2.15 bits per heavy atom. The quantitative estimate of drug-likeness (QED) is 0.718. The third kappa shape index (κ3) is 6.23. The summed E-state index contributed by atoms with van der Waals surface area (Å²) in [5.74, 6) is -3.71. The Labute approximate surface area is 158 Å². The first kappa shape index (κ1) is 20.1. The van der Waals surface area contributed by atoms with Crippen LogP contribution >= 0.6 is 15.9 Å². The van der Waals surface area contributed by atoms with Gasteiger partial charge in [-0.2, -0.15) is 0 Å². The molecule has 0 aliphatic heterocycles. The number of anilines is 2. The molecule has 0 aliphatic carbocycles. The van der Waals surface area contributed by atoms with E-state index in [0.717, 1.165) is 17.7 Å². The van der Waals surface area contributed by atoms with E-state index in [0.29, 0.717) is 10.2 Å². The predicted octanol–water partition coefficient (Wildman–Crippen LogP) is 2.89. The van der Waals surface area contributed by atoms with Gasteiger partial charge in [-0.1, -0.05) is 6.07 Å². The number of halogens is 2. The maximum atomic E-state index is 12.8. The number of carbonyl (C=O) groups excluding carboxylic acids is 2. The Kier molecular flexibility index (Phi) is 6.49. The van der Waals surface area contributed by atoms with Gasteiger partial charge in [-0.25, -0.2) is 12.8 Å². The highest BCUT2D eigenvalue weighted by atomic mass is 79.9. The minimum absolute atomic E-state index is 0.264. The molecule has 0 saturated heterocycles. The van der Waals surface area contributed by atoms with Crippen molar-refractivity contribution >= 4 is 49.0 Å². The van der Waals surface area contributed by atoms with E-state index in [1.807, 2.05) is 6.92 Å². The molecule has 2 aromatic carbocycles. The van der Waals surface area contributed by atoms with Crippen LogP contribution in [0.1, 0.15) is 5.56 Å². The monoisotopic (exact) mass is 442 g/mol. The Hall–Kier alpha value is -2.26. The second-order valence-electron chi connectivity index (χ2n) is 5.62. The molecule has 6 nitrogen and oxygen atoms in total. The van der Waals surface area contributed by atoms with Crippen molar-refractivity contribution in [2.75, 3.05) is 22.1 Å². The summed E-state index contributed by atoms with van der Waals surface area (Å²) in [6.45, 7) is 1.88. The summed E-state index contributed by atoms with van der Waals surface area (Å²) >= 11 is 3.28. The minimum atomic E-state index is -3.96. The summed E-state index contributed by atoms with van der Waals surface area (Å²) in [5.41, 5.74) is 1.67. The number of nitrogens with one attached hydrogen (secondary N) is 2. The second kappa shape index (κ2) is 8.41. The molecular formula is C17H16BrFN2O4S. The van der Waals surface area contributed by atoms with Gasteiger partial charge in [-0.05, 0) is 64.8 Å². The van der Waals surface area contributed by atoms with Crippen molar-refractivity contribution in [1.82, 2.24) is 0 Å². The van der Waals surface area contributed by atoms with E-state index >= 15 is 0 Å². The van der Waals surface area contributed by atoms with E-state index in [-0.39, 0.29) is 5.69 Å². The van der Waals surface area contributed by atoms with E-state index in [1.54, 1.807) is 18.2 Å². The third-order valence-electron chi connectivity index (χ3n) is 3.23. The van der Waals surface area contributed by atoms with Gasteiger partial charge in [-0.15, -0.1) is 0 Å². The van der Waals surface area contributed by atoms with Crippen LogP contribution in [0.3, 0.4) is 0 Å². The second-order valence-corrected chi connectivity index (χ2v) is 8.54. The topological polar surface area (TPSA) is 92.3 Å². The first-order valence-electron chi connectivity index (χ1n) is 7.46. The average Bonchev–Trinajstić information content (AvgIpc) is 2.51. The third-order valence-corrected chi connectivity index (χ3v) is 5.29. The van der Waals surface area contributed by atoms with E-state index < -0.39 is 39.0 Å². The number of rotatable bonds is 6. The van der Waals surface area contributed by atoms with Gasteiger partial charge in [0.25, 0.3) is 0 Å². The fraction of sp³-hybridized carbons (Fsp3) is 0.176. The van der Waals surface area contributed by atoms with Gasteiger partial charge < -0.3 is 10.6 Å². The molecule has 26 heavy (non-hydrogen) atoms. The normalized spacial score (nSPS) is 11.0. The maximum absolute atomic E-state index is 12.8. The number of aryl methyl sites for hydroxylation is 1. The highest BCUT2D eigenvalue weighted by Crippen LogP contribution is 2.23. The molecule has 0 atom stereocenters. The molecule has 0 aliphatic rings. The Morgan fingerprint density at radius 1 is 1.00 bits per heavy atom. The Morgan fingerprint density at radius 2 is 1.58 bits per heavy atom. The van der Waals surface area contributed by atoms with Crippen LogP contribution in [0.2, 0.25) is 0 Å². The largest absolute Gasteiger partial charge is 0.325 e. The summed E-state index contributed by atoms with van der Waals surface area (Å²) in [7, 11) is -3.96. The summed E-state index contributed by atoms with van der Waals surface area (Å²) in [6.07, 6.45) is 0. The van der Waals surface area contributed by atoms with Crippen LogP contribution in [-0.4, -0.2) is 31.7 Å². The fourth-order valence-electron chi connectivity index (χ4n) is 2.09. The van der Waals surface area contributed by atoms with Crippen molar-refractivity contribution in [2.45, 2.75) is 6.92 Å². The van der Waals surface area contributed by atoms with Crippen molar-refractivity contribution in [3.8, 4) is 0 Å². The van der Waals surface area contributed by atoms with Crippen LogP contribution in [0.5, 0.6) is 0 Å². The molecule has 2 aromatic rings. The van der Waals surface area contributed by atoms with Gasteiger partial charge in [0, 0.05) is 10.2 Å². The molecule has 0 heterocycles. The molecule has 138 valence electrons. The number of hydrogen-bond donors (Lipinski definition) is 2. The summed E-state index contributed by atoms with van der Waals surface area (Å²) < 4.78 is 37.5. The number of carbonyl (C=O) groups is 2. The molecule has 9 heteroatoms. The van der Waals surface area contributed by atoms with E-state index in [9.17, 15) is 22.4 Å². The lowest BCUT2D eigenvalue weighted by Crippen LogP contribution is -2.30. The smallest absolute Gasteiger partial charge is 0.239 e. The average molecular weight is 443 g/mol. The molecule has 2 amide bonds. The van der Waals surface area contributed by atoms with Crippen molar-refractivity contribution in [2.24, 2.45) is 0 Å². The summed E-state index contributed by atoms with van der Waals surface area (Å²) in [6, 6.07) is 10.1. The lowest BCUT2D eigenvalue weighted by molar-refractivity contribution is -0.114. The van der Waals surface area contributed by atoms with Gasteiger partial charge in [-0.3, -0.25) is 9.59 Å². The van der Waals surface area contributed by atoms with E-state index in [2.05, 4.69) is 26.6 Å². The molecule has 0 saturated carbocycles. The molecule has 2 N–H and O–H groups in total. The molecule has 0 spiro atoms. The van der Waals surface area contributed by atoms with Gasteiger partial charge in [0.15, 0.2) is 9.84 Å². The maximum Gasteiger partial charge on any atom is 0.239 e. The van der Waals surface area contributed by atoms with Crippen molar-refractivity contribution < 1.29 is 22.4 Å². The van der Waals surface area contributed by atoms with Crippen LogP contribution in [0.4, 0.5) is 15.8 Å². The highest BCUT2D eigenvalue weighted by molar-refractivity contribution is 9.10. The SMILES string of the molecule is Cc1ccc(NC(=O)CS(=O)(=O)CC(=O)Nc2ccc(F)cc2)c(Br)c1.